The minimum atomic E-state index is -0.402. The third-order valence-electron chi connectivity index (χ3n) is 8.57. The number of nitrogens with zero attached hydrogens (tertiary/aromatic N) is 2. The highest BCUT2D eigenvalue weighted by atomic mass is 32.1. The molecular weight excluding hydrogens is 572 g/mol. The lowest BCUT2D eigenvalue weighted by Gasteiger charge is -2.26. The van der Waals surface area contributed by atoms with Gasteiger partial charge in [0, 0.05) is 39.2 Å². The van der Waals surface area contributed by atoms with Gasteiger partial charge in [0.1, 0.15) is 24.7 Å². The summed E-state index contributed by atoms with van der Waals surface area (Å²) in [5.41, 5.74) is 2.61. The van der Waals surface area contributed by atoms with Crippen LogP contribution in [0.2, 0.25) is 0 Å². The number of benzene rings is 3. The van der Waals surface area contributed by atoms with Gasteiger partial charge in [-0.1, -0.05) is 12.5 Å². The van der Waals surface area contributed by atoms with Crippen LogP contribution in [-0.2, 0) is 4.74 Å². The SMILES string of the molecule is COC(=O)c1ccc2c(C(=O)c3ccc(OCCN4CCCCC4)cc3)c(-c3ccc(OCCN4CCCC4)cc3)sc2c1. The van der Waals surface area contributed by atoms with Crippen molar-refractivity contribution in [3.8, 4) is 21.9 Å². The zero-order valence-electron chi connectivity index (χ0n) is 25.4. The van der Waals surface area contributed by atoms with Crippen LogP contribution in [0.25, 0.3) is 20.5 Å². The summed E-state index contributed by atoms with van der Waals surface area (Å²) in [4.78, 5) is 32.1. The molecular formula is C36H40N2O5S. The maximum absolute atomic E-state index is 14.1. The maximum atomic E-state index is 14.1. The average molecular weight is 613 g/mol. The number of methoxy groups -OCH3 is 1. The normalized spacial score (nSPS) is 15.8. The van der Waals surface area contributed by atoms with Gasteiger partial charge >= 0.3 is 5.97 Å². The molecule has 230 valence electrons. The molecule has 0 atom stereocenters. The molecule has 7 nitrogen and oxygen atoms in total. The fourth-order valence-corrected chi connectivity index (χ4v) is 7.34. The molecule has 0 radical (unpaired) electrons. The number of thiophene rings is 1. The number of ether oxygens (including phenoxy) is 3. The standard InChI is InChI=1S/C36H40N2O5S/c1-41-36(40)28-11-16-31-32(25-28)44-35(27-9-14-30(15-10-27)43-24-22-38-19-5-6-20-38)33(31)34(39)26-7-12-29(13-8-26)42-23-21-37-17-3-2-4-18-37/h7-16,25H,2-6,17-24H2,1H3. The van der Waals surface area contributed by atoms with Crippen molar-refractivity contribution in [1.29, 1.82) is 0 Å². The average Bonchev–Trinajstić information content (AvgIpc) is 3.73. The second kappa shape index (κ2) is 14.4. The molecule has 0 bridgehead atoms. The number of hydrogen-bond donors (Lipinski definition) is 0. The van der Waals surface area contributed by atoms with E-state index in [0.29, 0.717) is 29.9 Å². The van der Waals surface area contributed by atoms with Gasteiger partial charge in [0.25, 0.3) is 0 Å². The van der Waals surface area contributed by atoms with E-state index in [4.69, 9.17) is 14.2 Å². The summed E-state index contributed by atoms with van der Waals surface area (Å²) >= 11 is 1.50. The van der Waals surface area contributed by atoms with Gasteiger partial charge in [-0.05, 0) is 118 Å². The second-order valence-electron chi connectivity index (χ2n) is 11.5. The van der Waals surface area contributed by atoms with E-state index >= 15 is 0 Å². The molecule has 2 aliphatic heterocycles. The van der Waals surface area contributed by atoms with E-state index in [1.165, 1.54) is 50.6 Å². The van der Waals surface area contributed by atoms with Gasteiger partial charge in [-0.25, -0.2) is 4.79 Å². The Morgan fingerprint density at radius 3 is 1.84 bits per heavy atom. The first-order chi connectivity index (χ1) is 21.6. The van der Waals surface area contributed by atoms with Crippen LogP contribution >= 0.6 is 11.3 Å². The first kappa shape index (κ1) is 30.3. The molecule has 2 aliphatic rings. The predicted molar refractivity (Wildman–Crippen MR) is 175 cm³/mol. The monoisotopic (exact) mass is 612 g/mol. The fourth-order valence-electron chi connectivity index (χ4n) is 6.09. The van der Waals surface area contributed by atoms with Gasteiger partial charge in [-0.3, -0.25) is 14.6 Å². The van der Waals surface area contributed by atoms with Gasteiger partial charge in [0.2, 0.25) is 0 Å². The van der Waals surface area contributed by atoms with E-state index in [1.54, 1.807) is 12.1 Å². The number of esters is 1. The van der Waals surface area contributed by atoms with Crippen LogP contribution in [0.15, 0.2) is 66.7 Å². The van der Waals surface area contributed by atoms with E-state index in [0.717, 1.165) is 71.3 Å². The van der Waals surface area contributed by atoms with E-state index in [9.17, 15) is 9.59 Å². The first-order valence-electron chi connectivity index (χ1n) is 15.7. The lowest BCUT2D eigenvalue weighted by atomic mass is 9.97. The Morgan fingerprint density at radius 1 is 0.705 bits per heavy atom. The molecule has 3 aromatic carbocycles. The lowest BCUT2D eigenvalue weighted by molar-refractivity contribution is 0.0601. The Labute approximate surface area is 263 Å². The zero-order valence-corrected chi connectivity index (χ0v) is 26.2. The Hall–Kier alpha value is -3.72. The quantitative estimate of drug-likeness (QED) is 0.127. The van der Waals surface area contributed by atoms with Crippen LogP contribution in [0, 0.1) is 0 Å². The summed E-state index contributed by atoms with van der Waals surface area (Å²) < 4.78 is 17.8. The summed E-state index contributed by atoms with van der Waals surface area (Å²) in [7, 11) is 1.37. The fraction of sp³-hybridized carbons (Fsp3) is 0.389. The Balaban J connectivity index is 1.22. The molecule has 4 aromatic rings. The van der Waals surface area contributed by atoms with Crippen LogP contribution in [0.5, 0.6) is 11.5 Å². The van der Waals surface area contributed by atoms with Gasteiger partial charge in [0.05, 0.1) is 12.7 Å². The van der Waals surface area contributed by atoms with Crippen molar-refractivity contribution in [1.82, 2.24) is 9.80 Å². The topological polar surface area (TPSA) is 68.3 Å². The summed E-state index contributed by atoms with van der Waals surface area (Å²) in [6.07, 6.45) is 6.37. The third-order valence-corrected chi connectivity index (χ3v) is 9.77. The molecule has 44 heavy (non-hydrogen) atoms. The number of hydrogen-bond acceptors (Lipinski definition) is 8. The van der Waals surface area contributed by atoms with Gasteiger partial charge in [-0.2, -0.15) is 0 Å². The van der Waals surface area contributed by atoms with Crippen molar-refractivity contribution in [2.24, 2.45) is 0 Å². The Morgan fingerprint density at radius 2 is 1.25 bits per heavy atom. The molecule has 8 heteroatoms. The van der Waals surface area contributed by atoms with Crippen LogP contribution in [0.1, 0.15) is 58.4 Å². The van der Waals surface area contributed by atoms with Crippen molar-refractivity contribution >= 4 is 33.2 Å². The molecule has 0 N–H and O–H groups in total. The number of carbonyl (C=O) groups excluding carboxylic acids is 2. The van der Waals surface area contributed by atoms with Gasteiger partial charge in [-0.15, -0.1) is 11.3 Å². The van der Waals surface area contributed by atoms with Crippen molar-refractivity contribution < 1.29 is 23.8 Å². The number of likely N-dealkylation sites (tertiary alicyclic amines) is 2. The van der Waals surface area contributed by atoms with Crippen molar-refractivity contribution in [3.05, 3.63) is 83.4 Å². The number of piperidine rings is 1. The van der Waals surface area contributed by atoms with E-state index < -0.39 is 5.97 Å². The molecule has 0 amide bonds. The van der Waals surface area contributed by atoms with Crippen molar-refractivity contribution in [2.45, 2.75) is 32.1 Å². The van der Waals surface area contributed by atoms with Crippen LogP contribution in [-0.4, -0.2) is 81.1 Å². The molecule has 2 fully saturated rings. The summed E-state index contributed by atoms with van der Waals surface area (Å²) in [5.74, 6) is 1.10. The minimum Gasteiger partial charge on any atom is -0.492 e. The number of rotatable bonds is 12. The van der Waals surface area contributed by atoms with Crippen molar-refractivity contribution in [2.75, 3.05) is 59.6 Å². The maximum Gasteiger partial charge on any atom is 0.337 e. The molecule has 2 saturated heterocycles. The number of fused-ring (bicyclic) bond motifs is 1. The Bertz CT molecular complexity index is 1570. The summed E-state index contributed by atoms with van der Waals surface area (Å²) in [6, 6.07) is 20.8. The molecule has 3 heterocycles. The van der Waals surface area contributed by atoms with Crippen LogP contribution in [0.4, 0.5) is 0 Å². The summed E-state index contributed by atoms with van der Waals surface area (Å²) in [6.45, 7) is 7.72. The molecule has 0 spiro atoms. The molecule has 1 aromatic heterocycles. The first-order valence-corrected chi connectivity index (χ1v) is 16.5. The van der Waals surface area contributed by atoms with Crippen molar-refractivity contribution in [3.63, 3.8) is 0 Å². The molecule has 0 unspecified atom stereocenters. The number of carbonyl (C=O) groups is 2. The van der Waals surface area contributed by atoms with Gasteiger partial charge in [0.15, 0.2) is 5.78 Å². The molecule has 0 saturated carbocycles. The van der Waals surface area contributed by atoms with Gasteiger partial charge < -0.3 is 14.2 Å². The molecule has 6 rings (SSSR count). The van der Waals surface area contributed by atoms with E-state index in [-0.39, 0.29) is 5.78 Å². The third kappa shape index (κ3) is 7.15. The zero-order chi connectivity index (χ0) is 30.3. The second-order valence-corrected chi connectivity index (χ2v) is 12.6. The van der Waals surface area contributed by atoms with E-state index in [2.05, 4.69) is 9.80 Å². The summed E-state index contributed by atoms with van der Waals surface area (Å²) in [5, 5.41) is 0.815. The largest absolute Gasteiger partial charge is 0.492 e. The van der Waals surface area contributed by atoms with Crippen LogP contribution < -0.4 is 9.47 Å². The highest BCUT2D eigenvalue weighted by molar-refractivity contribution is 7.22. The Kier molecular flexibility index (Phi) is 9.90. The van der Waals surface area contributed by atoms with Crippen LogP contribution in [0.3, 0.4) is 0 Å². The lowest BCUT2D eigenvalue weighted by Crippen LogP contribution is -2.33. The smallest absolute Gasteiger partial charge is 0.337 e. The van der Waals surface area contributed by atoms with E-state index in [1.807, 2.05) is 54.6 Å². The predicted octanol–water partition coefficient (Wildman–Crippen LogP) is 6.93. The highest BCUT2D eigenvalue weighted by Gasteiger charge is 2.23. The minimum absolute atomic E-state index is 0.0668. The highest BCUT2D eigenvalue weighted by Crippen LogP contribution is 2.41. The molecule has 0 aliphatic carbocycles. The number of ketones is 1.